The molecule has 1 atom stereocenters. The van der Waals surface area contributed by atoms with Crippen molar-refractivity contribution in [1.29, 1.82) is 0 Å². The summed E-state index contributed by atoms with van der Waals surface area (Å²) in [5.41, 5.74) is 6.26. The highest BCUT2D eigenvalue weighted by atomic mass is 35.5. The fraction of sp³-hybridized carbons (Fsp3) is 0.226. The van der Waals surface area contributed by atoms with Crippen LogP contribution in [0.4, 0.5) is 0 Å². The molecule has 6 heteroatoms. The smallest absolute Gasteiger partial charge is 0.303 e. The zero-order valence-electron chi connectivity index (χ0n) is 20.2. The van der Waals surface area contributed by atoms with Crippen molar-refractivity contribution in [2.45, 2.75) is 31.1 Å². The minimum Gasteiger partial charge on any atom is -0.489 e. The predicted octanol–water partition coefficient (Wildman–Crippen LogP) is 8.03. The molecule has 1 saturated carbocycles. The Balaban J connectivity index is 1.32. The summed E-state index contributed by atoms with van der Waals surface area (Å²) in [6.45, 7) is 0.527. The molecule has 1 aromatic heterocycles. The highest BCUT2D eigenvalue weighted by Gasteiger charge is 2.45. The Morgan fingerprint density at radius 1 is 1.05 bits per heavy atom. The number of aliphatic carboxylic acids is 1. The molecule has 37 heavy (non-hydrogen) atoms. The summed E-state index contributed by atoms with van der Waals surface area (Å²) >= 11 is 8.00. The van der Waals surface area contributed by atoms with Crippen molar-refractivity contribution >= 4 is 52.4 Å². The number of aromatic nitrogens is 1. The molecule has 4 nitrogen and oxygen atoms in total. The first-order chi connectivity index (χ1) is 18.0. The van der Waals surface area contributed by atoms with Gasteiger partial charge in [-0.15, -0.1) is 11.8 Å². The molecule has 3 aromatic carbocycles. The molecule has 0 saturated heterocycles. The summed E-state index contributed by atoms with van der Waals surface area (Å²) in [7, 11) is 0. The van der Waals surface area contributed by atoms with Crippen LogP contribution in [0.1, 0.15) is 52.5 Å². The molecule has 1 aliphatic heterocycles. The maximum atomic E-state index is 11.4. The summed E-state index contributed by atoms with van der Waals surface area (Å²) in [6, 6.07) is 24.5. The van der Waals surface area contributed by atoms with Crippen molar-refractivity contribution in [3.63, 3.8) is 0 Å². The van der Waals surface area contributed by atoms with Gasteiger partial charge in [-0.05, 0) is 71.4 Å². The largest absolute Gasteiger partial charge is 0.489 e. The average Bonchev–Trinajstić information content (AvgIpc) is 3.67. The van der Waals surface area contributed by atoms with Crippen LogP contribution in [0.3, 0.4) is 0 Å². The highest BCUT2D eigenvalue weighted by molar-refractivity contribution is 7.99. The SMILES string of the molecule is O=C(O)CC1(CSC2c3ccccc3COc3ccc(C=Cc4ccc5ccc(Cl)cc5n4)cc32)CC1. The molecule has 2 aliphatic rings. The van der Waals surface area contributed by atoms with E-state index >= 15 is 0 Å². The second-order valence-corrected chi connectivity index (χ2v) is 11.5. The van der Waals surface area contributed by atoms with Gasteiger partial charge in [-0.1, -0.05) is 60.1 Å². The number of thioether (sulfide) groups is 1. The van der Waals surface area contributed by atoms with Gasteiger partial charge in [-0.2, -0.15) is 0 Å². The Bertz CT molecular complexity index is 1530. The Morgan fingerprint density at radius 3 is 2.73 bits per heavy atom. The minimum atomic E-state index is -0.708. The molecule has 1 aliphatic carbocycles. The van der Waals surface area contributed by atoms with Crippen molar-refractivity contribution in [3.05, 3.63) is 106 Å². The van der Waals surface area contributed by atoms with Crippen molar-refractivity contribution in [3.8, 4) is 5.75 Å². The molecule has 2 heterocycles. The van der Waals surface area contributed by atoms with E-state index in [4.69, 9.17) is 21.3 Å². The number of hydrogen-bond acceptors (Lipinski definition) is 4. The van der Waals surface area contributed by atoms with Gasteiger partial charge in [0.05, 0.1) is 22.9 Å². The Kier molecular flexibility index (Phi) is 6.43. The summed E-state index contributed by atoms with van der Waals surface area (Å²) in [6.07, 6.45) is 6.30. The number of rotatable bonds is 7. The van der Waals surface area contributed by atoms with Crippen LogP contribution >= 0.6 is 23.4 Å². The molecule has 0 bridgehead atoms. The van der Waals surface area contributed by atoms with Gasteiger partial charge in [0.15, 0.2) is 0 Å². The molecule has 4 aromatic rings. The van der Waals surface area contributed by atoms with E-state index in [1.165, 1.54) is 11.1 Å². The normalized spacial score (nSPS) is 17.6. The lowest BCUT2D eigenvalue weighted by molar-refractivity contribution is -0.138. The van der Waals surface area contributed by atoms with Crippen molar-refractivity contribution < 1.29 is 14.6 Å². The molecule has 0 spiro atoms. The summed E-state index contributed by atoms with van der Waals surface area (Å²) in [5.74, 6) is 0.994. The molecule has 186 valence electrons. The molecule has 0 radical (unpaired) electrons. The summed E-state index contributed by atoms with van der Waals surface area (Å²) in [5, 5.41) is 11.2. The maximum Gasteiger partial charge on any atom is 0.303 e. The number of pyridine rings is 1. The van der Waals surface area contributed by atoms with E-state index in [9.17, 15) is 9.90 Å². The van der Waals surface area contributed by atoms with Crippen molar-refractivity contribution in [2.75, 3.05) is 5.75 Å². The summed E-state index contributed by atoms with van der Waals surface area (Å²) in [4.78, 5) is 16.2. The van der Waals surface area contributed by atoms with Crippen LogP contribution in [-0.2, 0) is 11.4 Å². The van der Waals surface area contributed by atoms with Gasteiger partial charge in [0, 0.05) is 21.7 Å². The number of benzene rings is 3. The topological polar surface area (TPSA) is 59.4 Å². The van der Waals surface area contributed by atoms with E-state index in [0.717, 1.165) is 52.1 Å². The zero-order chi connectivity index (χ0) is 25.4. The minimum absolute atomic E-state index is 0.0780. The van der Waals surface area contributed by atoms with Crippen LogP contribution in [0.2, 0.25) is 5.02 Å². The maximum absolute atomic E-state index is 11.4. The first kappa shape index (κ1) is 24.1. The van der Waals surface area contributed by atoms with Crippen molar-refractivity contribution in [2.24, 2.45) is 5.41 Å². The number of carbonyl (C=O) groups is 1. The molecule has 1 fully saturated rings. The van der Waals surface area contributed by atoms with Crippen molar-refractivity contribution in [1.82, 2.24) is 4.98 Å². The Labute approximate surface area is 225 Å². The lowest BCUT2D eigenvalue weighted by Gasteiger charge is -2.22. The Morgan fingerprint density at radius 2 is 1.89 bits per heavy atom. The second kappa shape index (κ2) is 9.88. The highest BCUT2D eigenvalue weighted by Crippen LogP contribution is 2.55. The van der Waals surface area contributed by atoms with Crippen LogP contribution < -0.4 is 4.74 Å². The molecular weight excluding hydrogens is 502 g/mol. The van der Waals surface area contributed by atoms with Crippen LogP contribution in [0.25, 0.3) is 23.1 Å². The van der Waals surface area contributed by atoms with Crippen LogP contribution in [0.5, 0.6) is 5.75 Å². The fourth-order valence-corrected chi connectivity index (χ4v) is 6.79. The van der Waals surface area contributed by atoms with Crippen LogP contribution in [0, 0.1) is 5.41 Å². The van der Waals surface area contributed by atoms with E-state index in [0.29, 0.717) is 11.6 Å². The Hall–Kier alpha value is -3.28. The number of carboxylic acid groups (broad SMARTS) is 1. The lowest BCUT2D eigenvalue weighted by atomic mass is 9.98. The quantitative estimate of drug-likeness (QED) is 0.263. The number of halogens is 1. The summed E-state index contributed by atoms with van der Waals surface area (Å²) < 4.78 is 6.24. The first-order valence-electron chi connectivity index (χ1n) is 12.4. The number of carboxylic acids is 1. The van der Waals surface area contributed by atoms with E-state index in [1.54, 1.807) is 0 Å². The van der Waals surface area contributed by atoms with Gasteiger partial charge in [-0.3, -0.25) is 4.79 Å². The van der Waals surface area contributed by atoms with Gasteiger partial charge >= 0.3 is 5.97 Å². The van der Waals surface area contributed by atoms with Crippen LogP contribution in [-0.4, -0.2) is 21.8 Å². The van der Waals surface area contributed by atoms with E-state index in [-0.39, 0.29) is 17.1 Å². The van der Waals surface area contributed by atoms with Gasteiger partial charge in [0.2, 0.25) is 0 Å². The van der Waals surface area contributed by atoms with Gasteiger partial charge < -0.3 is 9.84 Å². The molecule has 1 N–H and O–H groups in total. The molecular formula is C31H26ClNO3S. The third-order valence-corrected chi connectivity index (χ3v) is 9.05. The molecule has 0 amide bonds. The fourth-order valence-electron chi connectivity index (χ4n) is 4.94. The van der Waals surface area contributed by atoms with Gasteiger partial charge in [-0.25, -0.2) is 4.98 Å². The number of hydrogen-bond donors (Lipinski definition) is 1. The van der Waals surface area contributed by atoms with E-state index < -0.39 is 5.97 Å². The first-order valence-corrected chi connectivity index (χ1v) is 13.8. The van der Waals surface area contributed by atoms with Crippen LogP contribution in [0.15, 0.2) is 72.8 Å². The standard InChI is InChI=1S/C31H26ClNO3S/c32-23-9-7-21-8-11-24(33-27(21)16-23)10-5-20-6-12-28-26(15-20)30(25-4-2-1-3-22(25)18-36-28)37-19-31(13-14-31)17-29(34)35/h1-12,15-16,30H,13-14,17-19H2,(H,34,35). The second-order valence-electron chi connectivity index (χ2n) is 9.95. The third kappa shape index (κ3) is 5.25. The zero-order valence-corrected chi connectivity index (χ0v) is 21.8. The predicted molar refractivity (Wildman–Crippen MR) is 151 cm³/mol. The van der Waals surface area contributed by atoms with Gasteiger partial charge in [0.25, 0.3) is 0 Å². The van der Waals surface area contributed by atoms with E-state index in [2.05, 4.69) is 42.5 Å². The van der Waals surface area contributed by atoms with E-state index in [1.807, 2.05) is 54.2 Å². The monoisotopic (exact) mass is 527 g/mol. The molecule has 6 rings (SSSR count). The third-order valence-electron chi connectivity index (χ3n) is 7.20. The molecule has 1 unspecified atom stereocenters. The number of ether oxygens (including phenoxy) is 1. The number of nitrogens with zero attached hydrogens (tertiary/aromatic N) is 1. The average molecular weight is 528 g/mol. The number of fused-ring (bicyclic) bond motifs is 3. The van der Waals surface area contributed by atoms with Gasteiger partial charge in [0.1, 0.15) is 12.4 Å². The lowest BCUT2D eigenvalue weighted by Crippen LogP contribution is -2.12.